The number of fused-ring (bicyclic) bond motifs is 1. The van der Waals surface area contributed by atoms with Crippen LogP contribution in [0.15, 0.2) is 70.7 Å². The molecule has 138 valence electrons. The maximum Gasteiger partial charge on any atom is 0.343 e. The molecule has 2 aliphatic heterocycles. The lowest BCUT2D eigenvalue weighted by Gasteiger charge is -2.22. The van der Waals surface area contributed by atoms with E-state index in [-0.39, 0.29) is 11.4 Å². The highest BCUT2D eigenvalue weighted by Crippen LogP contribution is 2.27. The van der Waals surface area contributed by atoms with E-state index in [1.807, 2.05) is 13.0 Å². The second kappa shape index (κ2) is 7.28. The molecule has 0 fully saturated rings. The zero-order valence-electron chi connectivity index (χ0n) is 14.9. The molecular formula is C21H15N3O3S. The molecule has 0 bridgehead atoms. The lowest BCUT2D eigenvalue weighted by atomic mass is 10.1. The van der Waals surface area contributed by atoms with Crippen molar-refractivity contribution in [3.63, 3.8) is 0 Å². The zero-order chi connectivity index (χ0) is 19.7. The number of esters is 1. The number of carbonyl (C=O) groups is 2. The van der Waals surface area contributed by atoms with Gasteiger partial charge in [-0.1, -0.05) is 41.6 Å². The van der Waals surface area contributed by atoms with Gasteiger partial charge in [0.2, 0.25) is 0 Å². The Kier molecular flexibility index (Phi) is 4.67. The maximum absolute atomic E-state index is 12.2. The molecule has 6 nitrogen and oxygen atoms in total. The lowest BCUT2D eigenvalue weighted by molar-refractivity contribution is -0.114. The van der Waals surface area contributed by atoms with Crippen molar-refractivity contribution in [3.8, 4) is 5.75 Å². The van der Waals surface area contributed by atoms with Gasteiger partial charge in [0.15, 0.2) is 5.17 Å². The Labute approximate surface area is 165 Å². The van der Waals surface area contributed by atoms with E-state index >= 15 is 0 Å². The van der Waals surface area contributed by atoms with Crippen molar-refractivity contribution in [1.82, 2.24) is 4.90 Å². The van der Waals surface area contributed by atoms with Crippen LogP contribution < -0.4 is 4.74 Å². The summed E-state index contributed by atoms with van der Waals surface area (Å²) in [6.45, 7) is 1.91. The van der Waals surface area contributed by atoms with Crippen molar-refractivity contribution >= 4 is 40.7 Å². The molecule has 1 N–H and O–H groups in total. The van der Waals surface area contributed by atoms with Gasteiger partial charge in [0.1, 0.15) is 11.6 Å². The Hall–Kier alpha value is -3.45. The highest BCUT2D eigenvalue weighted by Gasteiger charge is 2.30. The van der Waals surface area contributed by atoms with E-state index in [0.29, 0.717) is 22.0 Å². The van der Waals surface area contributed by atoms with E-state index in [4.69, 9.17) is 10.1 Å². The summed E-state index contributed by atoms with van der Waals surface area (Å²) in [4.78, 5) is 30.0. The molecule has 0 aliphatic carbocycles. The number of aliphatic imine (C=N–C) groups is 1. The summed E-state index contributed by atoms with van der Waals surface area (Å²) in [5.41, 5.74) is 2.38. The molecule has 2 aliphatic rings. The molecule has 1 amide bonds. The molecule has 2 aromatic rings. The molecule has 0 saturated heterocycles. The summed E-state index contributed by atoms with van der Waals surface area (Å²) in [5.74, 6) is -0.384. The molecule has 0 saturated carbocycles. The Morgan fingerprint density at radius 3 is 2.75 bits per heavy atom. The first-order valence-electron chi connectivity index (χ1n) is 8.46. The van der Waals surface area contributed by atoms with Gasteiger partial charge in [-0.15, -0.1) is 0 Å². The average molecular weight is 389 g/mol. The van der Waals surface area contributed by atoms with Crippen molar-refractivity contribution < 1.29 is 14.3 Å². The summed E-state index contributed by atoms with van der Waals surface area (Å²) < 4.78 is 5.39. The highest BCUT2D eigenvalue weighted by atomic mass is 32.2. The first-order valence-corrected chi connectivity index (χ1v) is 9.34. The van der Waals surface area contributed by atoms with Gasteiger partial charge in [0.25, 0.3) is 5.91 Å². The number of amidine groups is 2. The van der Waals surface area contributed by atoms with Crippen LogP contribution in [0.25, 0.3) is 6.08 Å². The number of amides is 1. The predicted molar refractivity (Wildman–Crippen MR) is 109 cm³/mol. The molecule has 2 aromatic carbocycles. The van der Waals surface area contributed by atoms with Gasteiger partial charge < -0.3 is 4.74 Å². The highest BCUT2D eigenvalue weighted by molar-refractivity contribution is 8.16. The quantitative estimate of drug-likeness (QED) is 0.488. The molecule has 0 aromatic heterocycles. The van der Waals surface area contributed by atoms with Crippen LogP contribution in [0.5, 0.6) is 5.75 Å². The lowest BCUT2D eigenvalue weighted by Crippen LogP contribution is -2.35. The fourth-order valence-electron chi connectivity index (χ4n) is 2.77. The number of aryl methyl sites for hydroxylation is 1. The second-order valence-electron chi connectivity index (χ2n) is 6.21. The van der Waals surface area contributed by atoms with Crippen molar-refractivity contribution in [3.05, 3.63) is 82.4 Å². The Bertz CT molecular complexity index is 1080. The molecular weight excluding hydrogens is 374 g/mol. The summed E-state index contributed by atoms with van der Waals surface area (Å²) in [6.07, 6.45) is 3.31. The summed E-state index contributed by atoms with van der Waals surface area (Å²) in [6, 6.07) is 13.9. The summed E-state index contributed by atoms with van der Waals surface area (Å²) in [5, 5.41) is 10.5. The predicted octanol–water partition coefficient (Wildman–Crippen LogP) is 3.99. The van der Waals surface area contributed by atoms with E-state index < -0.39 is 11.9 Å². The van der Waals surface area contributed by atoms with Gasteiger partial charge >= 0.3 is 5.97 Å². The minimum Gasteiger partial charge on any atom is -0.423 e. The number of benzene rings is 2. The molecule has 28 heavy (non-hydrogen) atoms. The number of thioether (sulfide) groups is 1. The summed E-state index contributed by atoms with van der Waals surface area (Å²) >= 11 is 1.31. The van der Waals surface area contributed by atoms with Crippen LogP contribution in [0.1, 0.15) is 21.5 Å². The number of ether oxygens (including phenoxy) is 1. The van der Waals surface area contributed by atoms with E-state index in [1.54, 1.807) is 65.0 Å². The third-order valence-electron chi connectivity index (χ3n) is 4.17. The molecule has 0 atom stereocenters. The third-order valence-corrected chi connectivity index (χ3v) is 4.93. The Morgan fingerprint density at radius 1 is 1.21 bits per heavy atom. The van der Waals surface area contributed by atoms with Gasteiger partial charge in [-0.05, 0) is 48.2 Å². The minimum absolute atomic E-state index is 0.0891. The smallest absolute Gasteiger partial charge is 0.343 e. The molecule has 0 unspecified atom stereocenters. The minimum atomic E-state index is -0.442. The molecule has 4 rings (SSSR count). The number of carbonyl (C=O) groups excluding carboxylic acids is 2. The molecule has 2 heterocycles. The number of rotatable bonds is 3. The van der Waals surface area contributed by atoms with E-state index in [2.05, 4.69) is 4.99 Å². The summed E-state index contributed by atoms with van der Waals surface area (Å²) in [7, 11) is 0. The third kappa shape index (κ3) is 3.52. The van der Waals surface area contributed by atoms with Crippen molar-refractivity contribution in [2.75, 3.05) is 0 Å². The fourth-order valence-corrected chi connectivity index (χ4v) is 3.47. The Morgan fingerprint density at radius 2 is 2.00 bits per heavy atom. The van der Waals surface area contributed by atoms with Gasteiger partial charge in [0.05, 0.1) is 11.1 Å². The monoisotopic (exact) mass is 389 g/mol. The van der Waals surface area contributed by atoms with Gasteiger partial charge in [-0.3, -0.25) is 15.1 Å². The first kappa shape index (κ1) is 17.9. The molecule has 7 heteroatoms. The van der Waals surface area contributed by atoms with Crippen molar-refractivity contribution in [1.29, 1.82) is 5.41 Å². The standard InChI is InChI=1S/C21H15N3O3S/c1-13-3-2-4-15(11-13)20(26)27-16-7-5-14(6-8-16)12-17-18(22)24-9-10-28-21(24)23-19(17)25/h2-12,22H,1H3/b17-12-,22-18?. The van der Waals surface area contributed by atoms with Gasteiger partial charge in [0, 0.05) is 6.20 Å². The van der Waals surface area contributed by atoms with Crippen LogP contribution in [0.4, 0.5) is 0 Å². The van der Waals surface area contributed by atoms with Gasteiger partial charge in [-0.2, -0.15) is 4.99 Å². The Balaban J connectivity index is 1.51. The van der Waals surface area contributed by atoms with E-state index in [9.17, 15) is 9.59 Å². The zero-order valence-corrected chi connectivity index (χ0v) is 15.7. The molecule has 0 spiro atoms. The normalized spacial score (nSPS) is 17.0. The number of nitrogens with one attached hydrogen (secondary N) is 1. The second-order valence-corrected chi connectivity index (χ2v) is 7.08. The number of nitrogens with zero attached hydrogens (tertiary/aromatic N) is 2. The largest absolute Gasteiger partial charge is 0.423 e. The van der Waals surface area contributed by atoms with Crippen LogP contribution in [0, 0.1) is 12.3 Å². The van der Waals surface area contributed by atoms with Crippen LogP contribution in [-0.4, -0.2) is 27.8 Å². The van der Waals surface area contributed by atoms with E-state index in [1.165, 1.54) is 11.8 Å². The van der Waals surface area contributed by atoms with E-state index in [0.717, 1.165) is 5.56 Å². The van der Waals surface area contributed by atoms with Crippen molar-refractivity contribution in [2.45, 2.75) is 6.92 Å². The SMILES string of the molecule is Cc1cccc(C(=O)Oc2ccc(/C=C3/C(=N)N4C=CSC4=NC3=O)cc2)c1. The van der Waals surface area contributed by atoms with Gasteiger partial charge in [-0.25, -0.2) is 4.79 Å². The van der Waals surface area contributed by atoms with Crippen LogP contribution >= 0.6 is 11.8 Å². The number of hydrogen-bond donors (Lipinski definition) is 1. The van der Waals surface area contributed by atoms with Crippen LogP contribution in [0.2, 0.25) is 0 Å². The van der Waals surface area contributed by atoms with Crippen LogP contribution in [0.3, 0.4) is 0 Å². The fraction of sp³-hybridized carbons (Fsp3) is 0.0476. The topological polar surface area (TPSA) is 82.8 Å². The molecule has 0 radical (unpaired) electrons. The van der Waals surface area contributed by atoms with Crippen molar-refractivity contribution in [2.24, 2.45) is 4.99 Å². The first-order chi connectivity index (χ1) is 13.5. The average Bonchev–Trinajstić information content (AvgIpc) is 3.15. The van der Waals surface area contributed by atoms with Crippen LogP contribution in [-0.2, 0) is 4.79 Å². The maximum atomic E-state index is 12.2. The number of hydrogen-bond acceptors (Lipinski definition) is 5.